The van der Waals surface area contributed by atoms with Gasteiger partial charge in [-0.1, -0.05) is 0 Å². The molecule has 1 heterocycles. The zero-order chi connectivity index (χ0) is 16.3. The SMILES string of the molecule is Cc1cc(F)ccc1NC(=O)C(C)NC(=O)C1CC(C)NN1. The molecule has 3 atom stereocenters. The van der Waals surface area contributed by atoms with E-state index in [0.717, 1.165) is 0 Å². The van der Waals surface area contributed by atoms with Gasteiger partial charge in [0.2, 0.25) is 11.8 Å². The molecule has 6 nitrogen and oxygen atoms in total. The summed E-state index contributed by atoms with van der Waals surface area (Å²) in [4.78, 5) is 24.1. The summed E-state index contributed by atoms with van der Waals surface area (Å²) < 4.78 is 13.0. The molecule has 2 rings (SSSR count). The number of hydrazine groups is 1. The van der Waals surface area contributed by atoms with Gasteiger partial charge in [-0.3, -0.25) is 15.0 Å². The molecule has 22 heavy (non-hydrogen) atoms. The third kappa shape index (κ3) is 4.02. The van der Waals surface area contributed by atoms with E-state index in [1.807, 2.05) is 6.92 Å². The Labute approximate surface area is 128 Å². The molecule has 1 saturated heterocycles. The second-order valence-corrected chi connectivity index (χ2v) is 5.66. The van der Waals surface area contributed by atoms with Crippen LogP contribution >= 0.6 is 0 Å². The van der Waals surface area contributed by atoms with Crippen LogP contribution in [0.5, 0.6) is 0 Å². The quantitative estimate of drug-likeness (QED) is 0.664. The molecule has 0 spiro atoms. The van der Waals surface area contributed by atoms with E-state index < -0.39 is 6.04 Å². The lowest BCUT2D eigenvalue weighted by molar-refractivity contribution is -0.127. The van der Waals surface area contributed by atoms with Gasteiger partial charge in [-0.15, -0.1) is 0 Å². The van der Waals surface area contributed by atoms with E-state index in [9.17, 15) is 14.0 Å². The normalized spacial score (nSPS) is 22.2. The van der Waals surface area contributed by atoms with Gasteiger partial charge in [0.15, 0.2) is 0 Å². The van der Waals surface area contributed by atoms with Gasteiger partial charge in [0.05, 0.1) is 0 Å². The Balaban J connectivity index is 1.90. The number of carbonyl (C=O) groups is 2. The summed E-state index contributed by atoms with van der Waals surface area (Å²) in [6.45, 7) is 5.28. The fourth-order valence-corrected chi connectivity index (χ4v) is 2.27. The van der Waals surface area contributed by atoms with Crippen LogP contribution in [-0.4, -0.2) is 29.9 Å². The van der Waals surface area contributed by atoms with Crippen molar-refractivity contribution < 1.29 is 14.0 Å². The number of rotatable bonds is 4. The third-order valence-corrected chi connectivity index (χ3v) is 3.61. The first kappa shape index (κ1) is 16.4. The minimum atomic E-state index is -0.686. The molecular formula is C15H21FN4O2. The van der Waals surface area contributed by atoms with E-state index in [2.05, 4.69) is 21.5 Å². The van der Waals surface area contributed by atoms with Crippen molar-refractivity contribution in [1.82, 2.24) is 16.2 Å². The van der Waals surface area contributed by atoms with Crippen molar-refractivity contribution >= 4 is 17.5 Å². The number of halogens is 1. The van der Waals surface area contributed by atoms with Crippen LogP contribution in [0.3, 0.4) is 0 Å². The highest BCUT2D eigenvalue weighted by Crippen LogP contribution is 2.15. The number of hydrogen-bond donors (Lipinski definition) is 4. The number of anilines is 1. The van der Waals surface area contributed by atoms with Gasteiger partial charge < -0.3 is 10.6 Å². The van der Waals surface area contributed by atoms with Crippen LogP contribution in [0, 0.1) is 12.7 Å². The van der Waals surface area contributed by atoms with Crippen molar-refractivity contribution in [2.24, 2.45) is 0 Å². The van der Waals surface area contributed by atoms with Crippen LogP contribution in [0.4, 0.5) is 10.1 Å². The molecule has 1 aromatic carbocycles. The Morgan fingerprint density at radius 2 is 2.09 bits per heavy atom. The summed E-state index contributed by atoms with van der Waals surface area (Å²) in [6.07, 6.45) is 0.664. The molecule has 0 saturated carbocycles. The van der Waals surface area contributed by atoms with Crippen LogP contribution in [0.15, 0.2) is 18.2 Å². The van der Waals surface area contributed by atoms with Crippen molar-refractivity contribution in [2.45, 2.75) is 45.3 Å². The number of aryl methyl sites for hydroxylation is 1. The van der Waals surface area contributed by atoms with Crippen LogP contribution in [0.25, 0.3) is 0 Å². The lowest BCUT2D eigenvalue weighted by atomic mass is 10.1. The molecule has 1 aliphatic rings. The number of nitrogens with one attached hydrogen (secondary N) is 4. The van der Waals surface area contributed by atoms with E-state index in [-0.39, 0.29) is 29.7 Å². The highest BCUT2D eigenvalue weighted by Gasteiger charge is 2.28. The highest BCUT2D eigenvalue weighted by atomic mass is 19.1. The summed E-state index contributed by atoms with van der Waals surface area (Å²) in [5, 5.41) is 5.35. The Bertz CT molecular complexity index is 579. The molecule has 4 N–H and O–H groups in total. The van der Waals surface area contributed by atoms with Gasteiger partial charge in [-0.25, -0.2) is 9.82 Å². The molecule has 0 aromatic heterocycles. The summed E-state index contributed by atoms with van der Waals surface area (Å²) >= 11 is 0. The molecule has 1 aromatic rings. The highest BCUT2D eigenvalue weighted by molar-refractivity contribution is 5.98. The summed E-state index contributed by atoms with van der Waals surface area (Å²) in [6, 6.07) is 3.30. The van der Waals surface area contributed by atoms with Gasteiger partial charge in [-0.2, -0.15) is 0 Å². The maximum absolute atomic E-state index is 13.0. The Hall–Kier alpha value is -1.99. The third-order valence-electron chi connectivity index (χ3n) is 3.61. The summed E-state index contributed by atoms with van der Waals surface area (Å²) in [7, 11) is 0. The number of amides is 2. The molecule has 0 bridgehead atoms. The maximum atomic E-state index is 13.0. The predicted molar refractivity (Wildman–Crippen MR) is 81.5 cm³/mol. The number of carbonyl (C=O) groups excluding carboxylic acids is 2. The number of hydrogen-bond acceptors (Lipinski definition) is 4. The Morgan fingerprint density at radius 3 is 2.68 bits per heavy atom. The molecule has 0 aliphatic carbocycles. The Kier molecular flexibility index (Phi) is 5.10. The topological polar surface area (TPSA) is 82.3 Å². The number of benzene rings is 1. The van der Waals surface area contributed by atoms with Crippen LogP contribution in [-0.2, 0) is 9.59 Å². The standard InChI is InChI=1S/C15H21FN4O2/c1-8-6-11(16)4-5-12(8)18-14(21)10(3)17-15(22)13-7-9(2)19-20-13/h4-6,9-10,13,19-20H,7H2,1-3H3,(H,17,22)(H,18,21). The van der Waals surface area contributed by atoms with Gasteiger partial charge in [0.25, 0.3) is 0 Å². The first-order valence-electron chi connectivity index (χ1n) is 7.25. The van der Waals surface area contributed by atoms with Crippen molar-refractivity contribution in [1.29, 1.82) is 0 Å². The molecule has 3 unspecified atom stereocenters. The molecule has 7 heteroatoms. The van der Waals surface area contributed by atoms with Gasteiger partial charge >= 0.3 is 0 Å². The zero-order valence-corrected chi connectivity index (χ0v) is 12.9. The Morgan fingerprint density at radius 1 is 1.36 bits per heavy atom. The molecule has 0 radical (unpaired) electrons. The van der Waals surface area contributed by atoms with E-state index in [4.69, 9.17) is 0 Å². The van der Waals surface area contributed by atoms with Crippen molar-refractivity contribution in [3.63, 3.8) is 0 Å². The molecule has 2 amide bonds. The first-order valence-corrected chi connectivity index (χ1v) is 7.25. The second kappa shape index (κ2) is 6.85. The first-order chi connectivity index (χ1) is 10.4. The summed E-state index contributed by atoms with van der Waals surface area (Å²) in [5.41, 5.74) is 7.00. The van der Waals surface area contributed by atoms with E-state index in [0.29, 0.717) is 17.7 Å². The predicted octanol–water partition coefficient (Wildman–Crippen LogP) is 0.832. The van der Waals surface area contributed by atoms with Crippen LogP contribution in [0.1, 0.15) is 25.8 Å². The van der Waals surface area contributed by atoms with Gasteiger partial charge in [0, 0.05) is 11.7 Å². The summed E-state index contributed by atoms with van der Waals surface area (Å²) in [5.74, 6) is -0.928. The average Bonchev–Trinajstić information content (AvgIpc) is 2.88. The minimum absolute atomic E-state index is 0.210. The average molecular weight is 308 g/mol. The lowest BCUT2D eigenvalue weighted by Gasteiger charge is -2.17. The van der Waals surface area contributed by atoms with E-state index in [1.54, 1.807) is 13.8 Å². The monoisotopic (exact) mass is 308 g/mol. The fourth-order valence-electron chi connectivity index (χ4n) is 2.27. The fraction of sp³-hybridized carbons (Fsp3) is 0.467. The molecule has 1 fully saturated rings. The van der Waals surface area contributed by atoms with E-state index in [1.165, 1.54) is 18.2 Å². The maximum Gasteiger partial charge on any atom is 0.246 e. The molecule has 120 valence electrons. The van der Waals surface area contributed by atoms with Crippen LogP contribution in [0.2, 0.25) is 0 Å². The van der Waals surface area contributed by atoms with Crippen molar-refractivity contribution in [3.8, 4) is 0 Å². The smallest absolute Gasteiger partial charge is 0.246 e. The molecular weight excluding hydrogens is 287 g/mol. The van der Waals surface area contributed by atoms with Crippen molar-refractivity contribution in [2.75, 3.05) is 5.32 Å². The van der Waals surface area contributed by atoms with Gasteiger partial charge in [0.1, 0.15) is 17.9 Å². The van der Waals surface area contributed by atoms with Crippen molar-refractivity contribution in [3.05, 3.63) is 29.6 Å². The van der Waals surface area contributed by atoms with E-state index >= 15 is 0 Å². The largest absolute Gasteiger partial charge is 0.343 e. The van der Waals surface area contributed by atoms with Crippen LogP contribution < -0.4 is 21.5 Å². The zero-order valence-electron chi connectivity index (χ0n) is 12.9. The lowest BCUT2D eigenvalue weighted by Crippen LogP contribution is -2.49. The second-order valence-electron chi connectivity index (χ2n) is 5.66. The molecule has 1 aliphatic heterocycles. The van der Waals surface area contributed by atoms with Gasteiger partial charge in [-0.05, 0) is 51.0 Å². The minimum Gasteiger partial charge on any atom is -0.343 e.